The topological polar surface area (TPSA) is 109 Å². The van der Waals surface area contributed by atoms with Crippen molar-refractivity contribution in [3.05, 3.63) is 40.8 Å². The Morgan fingerprint density at radius 3 is 2.08 bits per heavy atom. The molecule has 0 aliphatic rings. The molecule has 2 aromatic carbocycles. The molecule has 3 aromatic rings. The number of phenols is 2. The summed E-state index contributed by atoms with van der Waals surface area (Å²) in [5.41, 5.74) is -0.784. The highest BCUT2D eigenvalue weighted by Gasteiger charge is 2.28. The molecule has 3 N–H and O–H groups in total. The first-order valence-electron chi connectivity index (χ1n) is 6.92. The van der Waals surface area contributed by atoms with Crippen LogP contribution in [0.15, 0.2) is 39.5 Å². The van der Waals surface area contributed by atoms with Crippen LogP contribution in [-0.2, 0) is 0 Å². The highest BCUT2D eigenvalue weighted by Crippen LogP contribution is 2.52. The third-order valence-electron chi connectivity index (χ3n) is 3.66. The first kappa shape index (κ1) is 15.5. The van der Waals surface area contributed by atoms with Crippen LogP contribution in [0.5, 0.6) is 28.7 Å². The van der Waals surface area contributed by atoms with E-state index in [2.05, 4.69) is 0 Å². The van der Waals surface area contributed by atoms with Crippen molar-refractivity contribution in [2.45, 2.75) is 0 Å². The second-order valence-corrected chi connectivity index (χ2v) is 4.95. The standard InChI is InChI=1S/C17H14O7/c1-22-15-13(20)12(19)10-11(18)9(8-6-4-3-5-7-8)17(21)24-14(10)16(15)23-2/h3-7,18-20H,1-2H3. The van der Waals surface area contributed by atoms with Gasteiger partial charge in [-0.2, -0.15) is 0 Å². The molecule has 0 aliphatic heterocycles. The minimum Gasteiger partial charge on any atom is -0.506 e. The zero-order valence-electron chi connectivity index (χ0n) is 12.9. The van der Waals surface area contributed by atoms with E-state index in [1.165, 1.54) is 14.2 Å². The van der Waals surface area contributed by atoms with E-state index < -0.39 is 22.9 Å². The van der Waals surface area contributed by atoms with Crippen LogP contribution < -0.4 is 15.1 Å². The summed E-state index contributed by atoms with van der Waals surface area (Å²) in [6.07, 6.45) is 0. The van der Waals surface area contributed by atoms with Gasteiger partial charge in [0.25, 0.3) is 0 Å². The third kappa shape index (κ3) is 2.10. The quantitative estimate of drug-likeness (QED) is 0.500. The van der Waals surface area contributed by atoms with Crippen LogP contribution in [0.2, 0.25) is 0 Å². The highest BCUT2D eigenvalue weighted by molar-refractivity contribution is 6.01. The van der Waals surface area contributed by atoms with E-state index in [0.717, 1.165) is 0 Å². The monoisotopic (exact) mass is 330 g/mol. The number of ether oxygens (including phenoxy) is 2. The van der Waals surface area contributed by atoms with Gasteiger partial charge in [-0.25, -0.2) is 4.79 Å². The Labute approximate surface area is 135 Å². The number of rotatable bonds is 3. The van der Waals surface area contributed by atoms with Crippen molar-refractivity contribution in [3.63, 3.8) is 0 Å². The molecule has 24 heavy (non-hydrogen) atoms. The van der Waals surface area contributed by atoms with Gasteiger partial charge in [-0.05, 0) is 5.56 Å². The molecule has 7 heteroatoms. The van der Waals surface area contributed by atoms with E-state index in [1.807, 2.05) is 0 Å². The second-order valence-electron chi connectivity index (χ2n) is 4.95. The largest absolute Gasteiger partial charge is 0.506 e. The molecule has 1 aromatic heterocycles. The SMILES string of the molecule is COc1c(O)c(O)c2c(O)c(-c3ccccc3)c(=O)oc2c1OC. The number of methoxy groups -OCH3 is 2. The van der Waals surface area contributed by atoms with Crippen molar-refractivity contribution in [2.24, 2.45) is 0 Å². The Balaban J connectivity index is 2.51. The average Bonchev–Trinajstić information content (AvgIpc) is 2.58. The van der Waals surface area contributed by atoms with Gasteiger partial charge in [-0.3, -0.25) is 0 Å². The molecule has 7 nitrogen and oxygen atoms in total. The van der Waals surface area contributed by atoms with E-state index in [-0.39, 0.29) is 28.0 Å². The van der Waals surface area contributed by atoms with Crippen LogP contribution in [0, 0.1) is 0 Å². The van der Waals surface area contributed by atoms with Gasteiger partial charge >= 0.3 is 5.63 Å². The summed E-state index contributed by atoms with van der Waals surface area (Å²) in [5.74, 6) is -2.17. The van der Waals surface area contributed by atoms with Crippen molar-refractivity contribution in [1.29, 1.82) is 0 Å². The number of fused-ring (bicyclic) bond motifs is 1. The minimum atomic E-state index is -0.823. The summed E-state index contributed by atoms with van der Waals surface area (Å²) in [4.78, 5) is 12.4. The van der Waals surface area contributed by atoms with Gasteiger partial charge in [-0.1, -0.05) is 30.3 Å². The van der Waals surface area contributed by atoms with Crippen LogP contribution in [-0.4, -0.2) is 29.5 Å². The molecular weight excluding hydrogens is 316 g/mol. The van der Waals surface area contributed by atoms with Crippen molar-refractivity contribution in [3.8, 4) is 39.9 Å². The summed E-state index contributed by atoms with van der Waals surface area (Å²) < 4.78 is 15.3. The lowest BCUT2D eigenvalue weighted by molar-refractivity contribution is 0.319. The van der Waals surface area contributed by atoms with Crippen molar-refractivity contribution in [1.82, 2.24) is 0 Å². The van der Waals surface area contributed by atoms with Gasteiger partial charge in [0, 0.05) is 0 Å². The van der Waals surface area contributed by atoms with Crippen molar-refractivity contribution in [2.75, 3.05) is 14.2 Å². The highest BCUT2D eigenvalue weighted by atomic mass is 16.5. The van der Waals surface area contributed by atoms with E-state index in [1.54, 1.807) is 30.3 Å². The lowest BCUT2D eigenvalue weighted by Crippen LogP contribution is -2.05. The summed E-state index contributed by atoms with van der Waals surface area (Å²) in [5, 5.41) is 30.6. The Bertz CT molecular complexity index is 974. The Kier molecular flexibility index (Phi) is 3.69. The molecule has 0 saturated carbocycles. The molecule has 0 amide bonds. The van der Waals surface area contributed by atoms with Crippen LogP contribution in [0.3, 0.4) is 0 Å². The molecule has 3 rings (SSSR count). The molecule has 0 radical (unpaired) electrons. The predicted octanol–water partition coefficient (Wildman–Crippen LogP) is 2.59. The van der Waals surface area contributed by atoms with Gasteiger partial charge in [0.15, 0.2) is 11.3 Å². The molecule has 124 valence electrons. The summed E-state index contributed by atoms with van der Waals surface area (Å²) in [6, 6.07) is 8.33. The van der Waals surface area contributed by atoms with Gasteiger partial charge in [-0.15, -0.1) is 0 Å². The van der Waals surface area contributed by atoms with E-state index in [0.29, 0.717) is 5.56 Å². The van der Waals surface area contributed by atoms with E-state index >= 15 is 0 Å². The maximum absolute atomic E-state index is 12.4. The number of aromatic hydroxyl groups is 3. The minimum absolute atomic E-state index is 0.116. The molecule has 0 aliphatic carbocycles. The zero-order chi connectivity index (χ0) is 17.4. The number of hydrogen-bond acceptors (Lipinski definition) is 7. The molecule has 0 saturated heterocycles. The van der Waals surface area contributed by atoms with Gasteiger partial charge < -0.3 is 29.2 Å². The number of hydrogen-bond donors (Lipinski definition) is 3. The molecule has 0 atom stereocenters. The summed E-state index contributed by atoms with van der Waals surface area (Å²) in [7, 11) is 2.52. The lowest BCUT2D eigenvalue weighted by Gasteiger charge is -2.15. The van der Waals surface area contributed by atoms with Crippen LogP contribution in [0.4, 0.5) is 0 Å². The molecule has 1 heterocycles. The molecule has 0 bridgehead atoms. The Hall–Kier alpha value is -3.35. The van der Waals surface area contributed by atoms with E-state index in [4.69, 9.17) is 13.9 Å². The first-order chi connectivity index (χ1) is 11.5. The number of benzene rings is 2. The molecule has 0 spiro atoms. The molecule has 0 unspecified atom stereocenters. The molecular formula is C17H14O7. The van der Waals surface area contributed by atoms with Gasteiger partial charge in [0.05, 0.1) is 14.2 Å². The fourth-order valence-electron chi connectivity index (χ4n) is 2.57. The lowest BCUT2D eigenvalue weighted by atomic mass is 10.0. The van der Waals surface area contributed by atoms with Crippen LogP contribution >= 0.6 is 0 Å². The van der Waals surface area contributed by atoms with Crippen LogP contribution in [0.1, 0.15) is 0 Å². The van der Waals surface area contributed by atoms with Crippen LogP contribution in [0.25, 0.3) is 22.1 Å². The maximum atomic E-state index is 12.4. The second kappa shape index (κ2) is 5.69. The zero-order valence-corrected chi connectivity index (χ0v) is 12.9. The summed E-state index contributed by atoms with van der Waals surface area (Å²) in [6.45, 7) is 0. The maximum Gasteiger partial charge on any atom is 0.348 e. The predicted molar refractivity (Wildman–Crippen MR) is 86.0 cm³/mol. The fraction of sp³-hybridized carbons (Fsp3) is 0.118. The normalized spacial score (nSPS) is 10.8. The van der Waals surface area contributed by atoms with Gasteiger partial charge in [0.1, 0.15) is 16.7 Å². The third-order valence-corrected chi connectivity index (χ3v) is 3.66. The van der Waals surface area contributed by atoms with Gasteiger partial charge in [0.2, 0.25) is 17.2 Å². The van der Waals surface area contributed by atoms with Crippen molar-refractivity contribution < 1.29 is 29.2 Å². The number of phenolic OH excluding ortho intramolecular Hbond substituents is 2. The first-order valence-corrected chi connectivity index (χ1v) is 6.92. The Morgan fingerprint density at radius 2 is 1.50 bits per heavy atom. The van der Waals surface area contributed by atoms with Crippen molar-refractivity contribution >= 4 is 11.0 Å². The smallest absolute Gasteiger partial charge is 0.348 e. The Morgan fingerprint density at radius 1 is 0.875 bits per heavy atom. The summed E-state index contributed by atoms with van der Waals surface area (Å²) >= 11 is 0. The fourth-order valence-corrected chi connectivity index (χ4v) is 2.57. The van der Waals surface area contributed by atoms with E-state index in [9.17, 15) is 20.1 Å². The molecule has 0 fully saturated rings. The average molecular weight is 330 g/mol.